The van der Waals surface area contributed by atoms with Crippen LogP contribution >= 0.6 is 0 Å². The predicted octanol–water partition coefficient (Wildman–Crippen LogP) is 2.45. The van der Waals surface area contributed by atoms with Gasteiger partial charge in [0.2, 0.25) is 5.88 Å². The summed E-state index contributed by atoms with van der Waals surface area (Å²) in [7, 11) is 0. The lowest BCUT2D eigenvalue weighted by Gasteiger charge is -2.18. The van der Waals surface area contributed by atoms with Gasteiger partial charge in [-0.15, -0.1) is 0 Å². The monoisotopic (exact) mass is 310 g/mol. The molecule has 1 saturated heterocycles. The summed E-state index contributed by atoms with van der Waals surface area (Å²) < 4.78 is 11.1. The van der Waals surface area contributed by atoms with E-state index in [-0.39, 0.29) is 12.0 Å². The zero-order chi connectivity index (χ0) is 15.6. The lowest BCUT2D eigenvalue weighted by Crippen LogP contribution is -2.29. The van der Waals surface area contributed by atoms with Crippen molar-refractivity contribution in [3.05, 3.63) is 53.7 Å². The standard InChI is InChI=1S/C18H18N2O3/c21-18(20-9-6-13-3-1-2-4-16(13)20)14-5-8-19-17(11-14)23-15-7-10-22-12-15/h1-5,8,11,15H,6-7,9-10,12H2. The number of ether oxygens (including phenoxy) is 2. The average Bonchev–Trinajstić information content (AvgIpc) is 3.24. The fourth-order valence-electron chi connectivity index (χ4n) is 3.09. The summed E-state index contributed by atoms with van der Waals surface area (Å²) in [6.07, 6.45) is 3.41. The summed E-state index contributed by atoms with van der Waals surface area (Å²) in [5.74, 6) is 0.476. The average molecular weight is 310 g/mol. The molecule has 1 unspecified atom stereocenters. The Morgan fingerprint density at radius 3 is 3.09 bits per heavy atom. The van der Waals surface area contributed by atoms with Crippen LogP contribution in [0.3, 0.4) is 0 Å². The molecule has 1 aromatic carbocycles. The van der Waals surface area contributed by atoms with Crippen molar-refractivity contribution >= 4 is 11.6 Å². The van der Waals surface area contributed by atoms with Crippen molar-refractivity contribution in [1.82, 2.24) is 4.98 Å². The molecule has 118 valence electrons. The highest BCUT2D eigenvalue weighted by Crippen LogP contribution is 2.29. The van der Waals surface area contributed by atoms with E-state index in [1.807, 2.05) is 23.1 Å². The molecule has 0 spiro atoms. The number of hydrogen-bond donors (Lipinski definition) is 0. The van der Waals surface area contributed by atoms with Crippen LogP contribution in [-0.4, -0.2) is 36.8 Å². The molecule has 2 aromatic rings. The van der Waals surface area contributed by atoms with Crippen LogP contribution in [0.4, 0.5) is 5.69 Å². The van der Waals surface area contributed by atoms with Gasteiger partial charge in [-0.05, 0) is 24.1 Å². The van der Waals surface area contributed by atoms with Gasteiger partial charge in [0.1, 0.15) is 6.10 Å². The Morgan fingerprint density at radius 2 is 2.22 bits per heavy atom. The van der Waals surface area contributed by atoms with Crippen molar-refractivity contribution in [3.63, 3.8) is 0 Å². The number of pyridine rings is 1. The third kappa shape index (κ3) is 2.80. The molecule has 0 N–H and O–H groups in total. The van der Waals surface area contributed by atoms with Gasteiger partial charge in [-0.2, -0.15) is 0 Å². The number of hydrogen-bond acceptors (Lipinski definition) is 4. The number of anilines is 1. The summed E-state index contributed by atoms with van der Waals surface area (Å²) in [5.41, 5.74) is 2.82. The zero-order valence-corrected chi connectivity index (χ0v) is 12.8. The highest BCUT2D eigenvalue weighted by atomic mass is 16.5. The van der Waals surface area contributed by atoms with Crippen LogP contribution in [0.15, 0.2) is 42.6 Å². The summed E-state index contributed by atoms with van der Waals surface area (Å²) in [6, 6.07) is 11.5. The molecular weight excluding hydrogens is 292 g/mol. The highest BCUT2D eigenvalue weighted by molar-refractivity contribution is 6.07. The van der Waals surface area contributed by atoms with Gasteiger partial charge in [0.05, 0.1) is 13.2 Å². The lowest BCUT2D eigenvalue weighted by atomic mass is 10.2. The quantitative estimate of drug-likeness (QED) is 0.874. The number of amides is 1. The number of benzene rings is 1. The second-order valence-electron chi connectivity index (χ2n) is 5.82. The molecule has 4 rings (SSSR count). The van der Waals surface area contributed by atoms with Gasteiger partial charge >= 0.3 is 0 Å². The number of carbonyl (C=O) groups excluding carboxylic acids is 1. The lowest BCUT2D eigenvalue weighted by molar-refractivity contribution is 0.0987. The van der Waals surface area contributed by atoms with Gasteiger partial charge in [0.15, 0.2) is 0 Å². The fourth-order valence-corrected chi connectivity index (χ4v) is 3.09. The molecule has 1 amide bonds. The van der Waals surface area contributed by atoms with Gasteiger partial charge in [0, 0.05) is 36.5 Å². The number of rotatable bonds is 3. The van der Waals surface area contributed by atoms with E-state index < -0.39 is 0 Å². The van der Waals surface area contributed by atoms with Gasteiger partial charge < -0.3 is 14.4 Å². The molecule has 0 bridgehead atoms. The smallest absolute Gasteiger partial charge is 0.258 e. The van der Waals surface area contributed by atoms with Crippen LogP contribution in [0.2, 0.25) is 0 Å². The van der Waals surface area contributed by atoms with Crippen molar-refractivity contribution in [3.8, 4) is 5.88 Å². The molecule has 23 heavy (non-hydrogen) atoms. The molecule has 2 aliphatic rings. The minimum atomic E-state index is -0.00938. The Morgan fingerprint density at radius 1 is 1.30 bits per heavy atom. The molecule has 0 aliphatic carbocycles. The van der Waals surface area contributed by atoms with Crippen LogP contribution in [0.25, 0.3) is 0 Å². The molecule has 1 aromatic heterocycles. The van der Waals surface area contributed by atoms with E-state index in [4.69, 9.17) is 9.47 Å². The van der Waals surface area contributed by atoms with Crippen molar-refractivity contribution in [2.45, 2.75) is 18.9 Å². The Kier molecular flexibility index (Phi) is 3.71. The van der Waals surface area contributed by atoms with E-state index in [1.165, 1.54) is 5.56 Å². The first-order valence-corrected chi connectivity index (χ1v) is 7.91. The fraction of sp³-hybridized carbons (Fsp3) is 0.333. The third-order valence-corrected chi connectivity index (χ3v) is 4.29. The van der Waals surface area contributed by atoms with Crippen LogP contribution in [0.5, 0.6) is 5.88 Å². The molecule has 0 saturated carbocycles. The number of carbonyl (C=O) groups is 1. The van der Waals surface area contributed by atoms with Crippen molar-refractivity contribution in [2.24, 2.45) is 0 Å². The minimum absolute atomic E-state index is 0.00938. The summed E-state index contributed by atoms with van der Waals surface area (Å²) in [6.45, 7) is 2.01. The summed E-state index contributed by atoms with van der Waals surface area (Å²) >= 11 is 0. The molecular formula is C18H18N2O3. The topological polar surface area (TPSA) is 51.7 Å². The van der Waals surface area contributed by atoms with Gasteiger partial charge in [0.25, 0.3) is 5.91 Å². The van der Waals surface area contributed by atoms with Gasteiger partial charge in [-0.3, -0.25) is 4.79 Å². The first kappa shape index (κ1) is 14.2. The Balaban J connectivity index is 1.55. The van der Waals surface area contributed by atoms with E-state index >= 15 is 0 Å². The minimum Gasteiger partial charge on any atom is -0.472 e. The summed E-state index contributed by atoms with van der Waals surface area (Å²) in [4.78, 5) is 18.9. The number of fused-ring (bicyclic) bond motifs is 1. The van der Waals surface area contributed by atoms with Crippen LogP contribution in [0, 0.1) is 0 Å². The van der Waals surface area contributed by atoms with E-state index in [0.29, 0.717) is 31.2 Å². The molecule has 5 nitrogen and oxygen atoms in total. The predicted molar refractivity (Wildman–Crippen MR) is 85.9 cm³/mol. The van der Waals surface area contributed by atoms with Gasteiger partial charge in [-0.1, -0.05) is 18.2 Å². The number of aromatic nitrogens is 1. The molecule has 0 radical (unpaired) electrons. The molecule has 5 heteroatoms. The molecule has 2 aliphatic heterocycles. The van der Waals surface area contributed by atoms with E-state index in [1.54, 1.807) is 18.3 Å². The van der Waals surface area contributed by atoms with E-state index in [0.717, 1.165) is 18.5 Å². The Labute approximate surface area is 134 Å². The van der Waals surface area contributed by atoms with Crippen molar-refractivity contribution < 1.29 is 14.3 Å². The second kappa shape index (κ2) is 6.01. The van der Waals surface area contributed by atoms with Crippen LogP contribution in [0.1, 0.15) is 22.3 Å². The van der Waals surface area contributed by atoms with Gasteiger partial charge in [-0.25, -0.2) is 4.98 Å². The first-order chi connectivity index (χ1) is 11.3. The molecule has 1 fully saturated rings. The van der Waals surface area contributed by atoms with E-state index in [2.05, 4.69) is 11.1 Å². The van der Waals surface area contributed by atoms with Crippen molar-refractivity contribution in [2.75, 3.05) is 24.7 Å². The highest BCUT2D eigenvalue weighted by Gasteiger charge is 2.26. The SMILES string of the molecule is O=C(c1ccnc(OC2CCOC2)c1)N1CCc2ccccc21. The van der Waals surface area contributed by atoms with Crippen LogP contribution < -0.4 is 9.64 Å². The Bertz CT molecular complexity index is 726. The number of para-hydroxylation sites is 1. The third-order valence-electron chi connectivity index (χ3n) is 4.29. The largest absolute Gasteiger partial charge is 0.472 e. The number of nitrogens with zero attached hydrogens (tertiary/aromatic N) is 2. The zero-order valence-electron chi connectivity index (χ0n) is 12.8. The Hall–Kier alpha value is -2.40. The van der Waals surface area contributed by atoms with Crippen LogP contribution in [-0.2, 0) is 11.2 Å². The van der Waals surface area contributed by atoms with Crippen molar-refractivity contribution in [1.29, 1.82) is 0 Å². The van der Waals surface area contributed by atoms with E-state index in [9.17, 15) is 4.79 Å². The normalized spacial score (nSPS) is 19.7. The maximum atomic E-state index is 12.8. The first-order valence-electron chi connectivity index (χ1n) is 7.91. The second-order valence-corrected chi connectivity index (χ2v) is 5.82. The molecule has 1 atom stereocenters. The molecule has 3 heterocycles. The summed E-state index contributed by atoms with van der Waals surface area (Å²) in [5, 5.41) is 0. The maximum absolute atomic E-state index is 12.8. The maximum Gasteiger partial charge on any atom is 0.258 e.